The molecule has 2 aliphatic rings. The van der Waals surface area contributed by atoms with Crippen LogP contribution in [0.3, 0.4) is 0 Å². The van der Waals surface area contributed by atoms with E-state index in [4.69, 9.17) is 18.9 Å². The fraction of sp³-hybridized carbons (Fsp3) is 0.259. The van der Waals surface area contributed by atoms with Crippen LogP contribution < -0.4 is 19.5 Å². The molecule has 0 radical (unpaired) electrons. The van der Waals surface area contributed by atoms with Gasteiger partial charge >= 0.3 is 41.5 Å². The van der Waals surface area contributed by atoms with Crippen LogP contribution in [0, 0.1) is 11.6 Å². The molecule has 0 amide bonds. The van der Waals surface area contributed by atoms with Crippen molar-refractivity contribution >= 4 is 52.2 Å². The second-order valence-corrected chi connectivity index (χ2v) is 8.78. The zero-order valence-corrected chi connectivity index (χ0v) is 20.1. The van der Waals surface area contributed by atoms with Gasteiger partial charge in [0.05, 0.1) is 23.9 Å². The SMILES string of the molecule is CCOc1nc2c(F)cc(F)cc2n1-c1cccc2c1OC[C@H]2Nc1ccc2c(c1)OC[C@H]2OC(C)=O.[NaH]. The molecule has 0 saturated heterocycles. The van der Waals surface area contributed by atoms with E-state index in [-0.39, 0.29) is 65.2 Å². The summed E-state index contributed by atoms with van der Waals surface area (Å²) in [5.41, 5.74) is 3.33. The van der Waals surface area contributed by atoms with Crippen molar-refractivity contribution < 1.29 is 32.5 Å². The van der Waals surface area contributed by atoms with Gasteiger partial charge in [-0.15, -0.1) is 0 Å². The second kappa shape index (κ2) is 10.4. The minimum atomic E-state index is -0.766. The Morgan fingerprint density at radius 2 is 1.97 bits per heavy atom. The number of aromatic nitrogens is 2. The van der Waals surface area contributed by atoms with Gasteiger partial charge in [-0.1, -0.05) is 12.1 Å². The normalized spacial score (nSPS) is 17.2. The van der Waals surface area contributed by atoms with E-state index in [9.17, 15) is 13.6 Å². The van der Waals surface area contributed by atoms with Gasteiger partial charge in [-0.2, -0.15) is 4.98 Å². The quantitative estimate of drug-likeness (QED) is 0.288. The second-order valence-electron chi connectivity index (χ2n) is 8.78. The molecule has 2 aliphatic heterocycles. The van der Waals surface area contributed by atoms with Crippen LogP contribution >= 0.6 is 0 Å². The third kappa shape index (κ3) is 4.57. The molecule has 3 heterocycles. The van der Waals surface area contributed by atoms with Gasteiger partial charge in [0, 0.05) is 41.9 Å². The number of imidazole rings is 1. The number of carbonyl (C=O) groups excluding carboxylic acids is 1. The number of anilines is 1. The van der Waals surface area contributed by atoms with E-state index in [1.165, 1.54) is 13.0 Å². The summed E-state index contributed by atoms with van der Waals surface area (Å²) in [5.74, 6) is -0.617. The summed E-state index contributed by atoms with van der Waals surface area (Å²) in [4.78, 5) is 15.6. The Bertz CT molecular complexity index is 1540. The van der Waals surface area contributed by atoms with Crippen molar-refractivity contribution in [2.75, 3.05) is 25.1 Å². The van der Waals surface area contributed by atoms with Crippen molar-refractivity contribution in [1.29, 1.82) is 0 Å². The third-order valence-electron chi connectivity index (χ3n) is 6.36. The number of rotatable bonds is 6. The number of nitrogens with zero attached hydrogens (tertiary/aromatic N) is 2. The predicted molar refractivity (Wildman–Crippen MR) is 138 cm³/mol. The van der Waals surface area contributed by atoms with E-state index in [2.05, 4.69) is 10.3 Å². The molecule has 0 bridgehead atoms. The summed E-state index contributed by atoms with van der Waals surface area (Å²) < 4.78 is 53.0. The summed E-state index contributed by atoms with van der Waals surface area (Å²) in [6.07, 6.45) is -0.418. The van der Waals surface area contributed by atoms with Crippen LogP contribution in [0.4, 0.5) is 14.5 Å². The van der Waals surface area contributed by atoms with Crippen molar-refractivity contribution in [3.8, 4) is 23.2 Å². The standard InChI is InChI=1S/C27H23F2N3O5.Na.H/c1-3-34-27-31-25-19(29)9-15(28)10-22(25)32(27)21-6-4-5-17-20(12-36-26(17)21)30-16-7-8-18-23(11-16)35-13-24(18)37-14(2)33;;/h4-11,20,24,30H,3,12-13H2,1-2H3;;/t20-,24-;;/m1../s1. The van der Waals surface area contributed by atoms with E-state index in [1.807, 2.05) is 30.3 Å². The van der Waals surface area contributed by atoms with Gasteiger partial charge in [0.2, 0.25) is 0 Å². The average molecular weight is 531 g/mol. The fourth-order valence-electron chi connectivity index (χ4n) is 4.84. The molecule has 1 N–H and O–H groups in total. The molecule has 0 saturated carbocycles. The van der Waals surface area contributed by atoms with Gasteiger partial charge in [0.15, 0.2) is 11.9 Å². The Morgan fingerprint density at radius 3 is 2.76 bits per heavy atom. The Balaban J connectivity index is 0.00000294. The van der Waals surface area contributed by atoms with Crippen LogP contribution in [0.1, 0.15) is 37.1 Å². The maximum absolute atomic E-state index is 14.5. The van der Waals surface area contributed by atoms with Crippen LogP contribution in [0.5, 0.6) is 17.5 Å². The van der Waals surface area contributed by atoms with Gasteiger partial charge in [-0.25, -0.2) is 8.78 Å². The molecule has 3 aromatic carbocycles. The number of carbonyl (C=O) groups is 1. The van der Waals surface area contributed by atoms with Gasteiger partial charge in [0.25, 0.3) is 0 Å². The summed E-state index contributed by atoms with van der Waals surface area (Å²) in [6.45, 7) is 4.07. The van der Waals surface area contributed by atoms with E-state index >= 15 is 0 Å². The molecule has 4 aromatic rings. The molecule has 6 rings (SSSR count). The van der Waals surface area contributed by atoms with Gasteiger partial charge in [-0.05, 0) is 25.1 Å². The predicted octanol–water partition coefficient (Wildman–Crippen LogP) is 4.60. The molecule has 8 nitrogen and oxygen atoms in total. The molecule has 0 aliphatic carbocycles. The monoisotopic (exact) mass is 531 g/mol. The number of fused-ring (bicyclic) bond motifs is 3. The summed E-state index contributed by atoms with van der Waals surface area (Å²) in [6, 6.07) is 13.2. The summed E-state index contributed by atoms with van der Waals surface area (Å²) in [7, 11) is 0. The van der Waals surface area contributed by atoms with Gasteiger partial charge < -0.3 is 24.3 Å². The van der Waals surface area contributed by atoms with Crippen LogP contribution in [0.15, 0.2) is 48.5 Å². The topological polar surface area (TPSA) is 83.8 Å². The van der Waals surface area contributed by atoms with E-state index in [0.717, 1.165) is 22.9 Å². The first-order valence-corrected chi connectivity index (χ1v) is 11.9. The Kier molecular flexibility index (Phi) is 7.21. The zero-order chi connectivity index (χ0) is 25.7. The third-order valence-corrected chi connectivity index (χ3v) is 6.36. The Labute approximate surface area is 239 Å². The van der Waals surface area contributed by atoms with Crippen molar-refractivity contribution in [3.05, 3.63) is 71.3 Å². The van der Waals surface area contributed by atoms with Crippen LogP contribution in [0.2, 0.25) is 0 Å². The summed E-state index contributed by atoms with van der Waals surface area (Å²) >= 11 is 0. The molecule has 11 heteroatoms. The van der Waals surface area contributed by atoms with Crippen molar-refractivity contribution in [2.24, 2.45) is 0 Å². The molecule has 38 heavy (non-hydrogen) atoms. The molecular weight excluding hydrogens is 507 g/mol. The van der Waals surface area contributed by atoms with Crippen LogP contribution in [-0.2, 0) is 9.53 Å². The molecule has 0 unspecified atom stereocenters. The first kappa shape index (κ1) is 26.3. The van der Waals surface area contributed by atoms with Crippen molar-refractivity contribution in [3.63, 3.8) is 0 Å². The molecule has 0 fully saturated rings. The fourth-order valence-corrected chi connectivity index (χ4v) is 4.84. The number of ether oxygens (including phenoxy) is 4. The first-order chi connectivity index (χ1) is 17.9. The van der Waals surface area contributed by atoms with Gasteiger partial charge in [0.1, 0.15) is 36.0 Å². The molecule has 0 spiro atoms. The number of nitrogens with one attached hydrogen (secondary N) is 1. The zero-order valence-electron chi connectivity index (χ0n) is 20.1. The molecule has 1 aromatic heterocycles. The van der Waals surface area contributed by atoms with Gasteiger partial charge in [-0.3, -0.25) is 9.36 Å². The minimum absolute atomic E-state index is 0. The number of benzene rings is 3. The number of hydrogen-bond donors (Lipinski definition) is 1. The van der Waals surface area contributed by atoms with Crippen LogP contribution in [0.25, 0.3) is 16.7 Å². The van der Waals surface area contributed by atoms with E-state index in [1.54, 1.807) is 17.6 Å². The average Bonchev–Trinajstić information content (AvgIpc) is 3.55. The number of para-hydroxylation sites is 1. The number of esters is 1. The summed E-state index contributed by atoms with van der Waals surface area (Å²) in [5, 5.41) is 3.46. The Hall–Kier alpha value is -3.34. The van der Waals surface area contributed by atoms with E-state index < -0.39 is 17.7 Å². The Morgan fingerprint density at radius 1 is 1.13 bits per heavy atom. The number of hydrogen-bond acceptors (Lipinski definition) is 7. The van der Waals surface area contributed by atoms with Crippen LogP contribution in [-0.4, -0.2) is 64.9 Å². The van der Waals surface area contributed by atoms with Crippen molar-refractivity contribution in [2.45, 2.75) is 26.0 Å². The maximum atomic E-state index is 14.5. The molecule has 2 atom stereocenters. The first-order valence-electron chi connectivity index (χ1n) is 11.9. The molecule has 192 valence electrons. The van der Waals surface area contributed by atoms with E-state index in [0.29, 0.717) is 30.4 Å². The van der Waals surface area contributed by atoms with Crippen molar-refractivity contribution in [1.82, 2.24) is 9.55 Å². The number of halogens is 2. The molecular formula is C27H24F2N3NaO5.